The van der Waals surface area contributed by atoms with Gasteiger partial charge >= 0.3 is 0 Å². The minimum absolute atomic E-state index is 0.0548. The summed E-state index contributed by atoms with van der Waals surface area (Å²) in [6.07, 6.45) is 0. The number of aryl methyl sites for hydroxylation is 1. The number of nitrogens with zero attached hydrogens (tertiary/aromatic N) is 2. The Balaban J connectivity index is 2.18. The van der Waals surface area contributed by atoms with E-state index in [1.54, 1.807) is 13.0 Å². The molecule has 1 aliphatic heterocycles. The summed E-state index contributed by atoms with van der Waals surface area (Å²) in [5, 5.41) is 8.87. The zero-order chi connectivity index (χ0) is 14.8. The Labute approximate surface area is 118 Å². The van der Waals surface area contributed by atoms with E-state index in [0.717, 1.165) is 0 Å². The SMILES string of the molecule is Cc1ccc(F)c(S(=O)(=O)N2CCN(CCO)CC2)c1. The quantitative estimate of drug-likeness (QED) is 0.876. The third kappa shape index (κ3) is 3.17. The molecule has 0 bridgehead atoms. The molecule has 0 amide bonds. The van der Waals surface area contributed by atoms with E-state index in [9.17, 15) is 12.8 Å². The van der Waals surface area contributed by atoms with E-state index in [0.29, 0.717) is 38.3 Å². The van der Waals surface area contributed by atoms with Crippen LogP contribution in [0, 0.1) is 12.7 Å². The number of aliphatic hydroxyl groups excluding tert-OH is 1. The molecule has 5 nitrogen and oxygen atoms in total. The van der Waals surface area contributed by atoms with E-state index in [2.05, 4.69) is 0 Å². The van der Waals surface area contributed by atoms with Crippen molar-refractivity contribution in [2.45, 2.75) is 11.8 Å². The molecule has 1 aromatic rings. The highest BCUT2D eigenvalue weighted by Crippen LogP contribution is 2.21. The first-order valence-corrected chi connectivity index (χ1v) is 7.98. The lowest BCUT2D eigenvalue weighted by atomic mass is 10.2. The van der Waals surface area contributed by atoms with Gasteiger partial charge in [0.25, 0.3) is 0 Å². The average molecular weight is 302 g/mol. The van der Waals surface area contributed by atoms with Crippen LogP contribution < -0.4 is 0 Å². The van der Waals surface area contributed by atoms with Gasteiger partial charge in [-0.25, -0.2) is 12.8 Å². The van der Waals surface area contributed by atoms with Crippen molar-refractivity contribution in [2.24, 2.45) is 0 Å². The fourth-order valence-corrected chi connectivity index (χ4v) is 3.85. The number of rotatable bonds is 4. The van der Waals surface area contributed by atoms with Crippen LogP contribution in [-0.4, -0.2) is 62.1 Å². The number of aliphatic hydroxyl groups is 1. The monoisotopic (exact) mass is 302 g/mol. The largest absolute Gasteiger partial charge is 0.395 e. The smallest absolute Gasteiger partial charge is 0.246 e. The fourth-order valence-electron chi connectivity index (χ4n) is 2.28. The summed E-state index contributed by atoms with van der Waals surface area (Å²) in [6.45, 7) is 4.05. The molecule has 1 saturated heterocycles. The second-order valence-corrected chi connectivity index (χ2v) is 6.81. The second-order valence-electron chi connectivity index (χ2n) is 4.90. The van der Waals surface area contributed by atoms with Gasteiger partial charge in [0.15, 0.2) is 0 Å². The molecule has 1 aliphatic rings. The summed E-state index contributed by atoms with van der Waals surface area (Å²) >= 11 is 0. The van der Waals surface area contributed by atoms with E-state index in [1.807, 2.05) is 4.90 Å². The fraction of sp³-hybridized carbons (Fsp3) is 0.538. The molecule has 0 spiro atoms. The standard InChI is InChI=1S/C13H19FN2O3S/c1-11-2-3-12(14)13(10-11)20(18,19)16-6-4-15(5-7-16)8-9-17/h2-3,10,17H,4-9H2,1H3. The molecule has 0 atom stereocenters. The number of β-amino-alcohol motifs (C(OH)–C–C–N with tert-alkyl or cyclic N) is 1. The first-order chi connectivity index (χ1) is 9.45. The van der Waals surface area contributed by atoms with Crippen molar-refractivity contribution in [3.05, 3.63) is 29.6 Å². The second kappa shape index (κ2) is 6.17. The van der Waals surface area contributed by atoms with Crippen LogP contribution in [0.1, 0.15) is 5.56 Å². The van der Waals surface area contributed by atoms with Crippen molar-refractivity contribution >= 4 is 10.0 Å². The molecule has 1 N–H and O–H groups in total. The van der Waals surface area contributed by atoms with Crippen LogP contribution in [0.25, 0.3) is 0 Å². The van der Waals surface area contributed by atoms with Crippen molar-refractivity contribution in [3.8, 4) is 0 Å². The summed E-state index contributed by atoms with van der Waals surface area (Å²) in [4.78, 5) is 1.73. The Kier molecular flexibility index (Phi) is 4.74. The van der Waals surface area contributed by atoms with Gasteiger partial charge in [-0.3, -0.25) is 4.90 Å². The average Bonchev–Trinajstić information content (AvgIpc) is 2.42. The number of hydrogen-bond acceptors (Lipinski definition) is 4. The highest BCUT2D eigenvalue weighted by Gasteiger charge is 2.30. The molecule has 1 aromatic carbocycles. The number of piperazine rings is 1. The molecule has 20 heavy (non-hydrogen) atoms. The van der Waals surface area contributed by atoms with Crippen LogP contribution in [0.2, 0.25) is 0 Å². The van der Waals surface area contributed by atoms with Crippen molar-refractivity contribution in [1.29, 1.82) is 0 Å². The van der Waals surface area contributed by atoms with Crippen molar-refractivity contribution in [2.75, 3.05) is 39.3 Å². The summed E-state index contributed by atoms with van der Waals surface area (Å²) in [5.74, 6) is -0.714. The summed E-state index contributed by atoms with van der Waals surface area (Å²) < 4.78 is 40.0. The van der Waals surface area contributed by atoms with E-state index in [1.165, 1.54) is 16.4 Å². The predicted molar refractivity (Wildman–Crippen MR) is 73.4 cm³/mol. The number of hydrogen-bond donors (Lipinski definition) is 1. The predicted octanol–water partition coefficient (Wildman–Crippen LogP) is 0.433. The molecular formula is C13H19FN2O3S. The molecule has 0 radical (unpaired) electrons. The van der Waals surface area contributed by atoms with E-state index >= 15 is 0 Å². The molecule has 0 saturated carbocycles. The third-order valence-electron chi connectivity index (χ3n) is 3.45. The van der Waals surface area contributed by atoms with Crippen LogP contribution >= 0.6 is 0 Å². The summed E-state index contributed by atoms with van der Waals surface area (Å²) in [6, 6.07) is 4.10. The van der Waals surface area contributed by atoms with E-state index in [-0.39, 0.29) is 11.5 Å². The van der Waals surface area contributed by atoms with Crippen molar-refractivity contribution in [1.82, 2.24) is 9.21 Å². The molecular weight excluding hydrogens is 283 g/mol. The van der Waals surface area contributed by atoms with Crippen LogP contribution in [0.5, 0.6) is 0 Å². The van der Waals surface area contributed by atoms with Crippen LogP contribution in [-0.2, 0) is 10.0 Å². The first-order valence-electron chi connectivity index (χ1n) is 6.54. The lowest BCUT2D eigenvalue weighted by Crippen LogP contribution is -2.49. The van der Waals surface area contributed by atoms with Gasteiger partial charge < -0.3 is 5.11 Å². The van der Waals surface area contributed by atoms with E-state index < -0.39 is 15.8 Å². The highest BCUT2D eigenvalue weighted by atomic mass is 32.2. The molecule has 0 aromatic heterocycles. The van der Waals surface area contributed by atoms with Crippen molar-refractivity contribution < 1.29 is 17.9 Å². The lowest BCUT2D eigenvalue weighted by molar-refractivity contribution is 0.151. The molecule has 1 heterocycles. The molecule has 7 heteroatoms. The van der Waals surface area contributed by atoms with Gasteiger partial charge in [-0.05, 0) is 24.6 Å². The molecule has 2 rings (SSSR count). The molecule has 0 unspecified atom stereocenters. The molecule has 0 aliphatic carbocycles. The van der Waals surface area contributed by atoms with Crippen LogP contribution in [0.3, 0.4) is 0 Å². The van der Waals surface area contributed by atoms with Gasteiger partial charge in [-0.1, -0.05) is 6.07 Å². The maximum absolute atomic E-state index is 13.8. The molecule has 1 fully saturated rings. The summed E-state index contributed by atoms with van der Waals surface area (Å²) in [5.41, 5.74) is 0.712. The Hall–Kier alpha value is -1.02. The van der Waals surface area contributed by atoms with E-state index in [4.69, 9.17) is 5.11 Å². The van der Waals surface area contributed by atoms with Gasteiger partial charge in [-0.15, -0.1) is 0 Å². The molecule has 112 valence electrons. The zero-order valence-electron chi connectivity index (χ0n) is 11.4. The first kappa shape index (κ1) is 15.4. The van der Waals surface area contributed by atoms with Gasteiger partial charge in [-0.2, -0.15) is 4.31 Å². The van der Waals surface area contributed by atoms with Crippen LogP contribution in [0.15, 0.2) is 23.1 Å². The number of halogens is 1. The van der Waals surface area contributed by atoms with Gasteiger partial charge in [0.2, 0.25) is 10.0 Å². The number of benzene rings is 1. The maximum Gasteiger partial charge on any atom is 0.246 e. The normalized spacial score (nSPS) is 18.4. The minimum atomic E-state index is -3.78. The van der Waals surface area contributed by atoms with Gasteiger partial charge in [0.05, 0.1) is 6.61 Å². The topological polar surface area (TPSA) is 60.9 Å². The van der Waals surface area contributed by atoms with Crippen LogP contribution in [0.4, 0.5) is 4.39 Å². The maximum atomic E-state index is 13.8. The Morgan fingerprint density at radius 1 is 1.25 bits per heavy atom. The Bertz CT molecular complexity index is 569. The van der Waals surface area contributed by atoms with Crippen molar-refractivity contribution in [3.63, 3.8) is 0 Å². The summed E-state index contributed by atoms with van der Waals surface area (Å²) in [7, 11) is -3.78. The zero-order valence-corrected chi connectivity index (χ0v) is 12.2. The van der Waals surface area contributed by atoms with Gasteiger partial charge in [0, 0.05) is 32.7 Å². The third-order valence-corrected chi connectivity index (χ3v) is 5.37. The Morgan fingerprint density at radius 3 is 2.50 bits per heavy atom. The number of sulfonamides is 1. The van der Waals surface area contributed by atoms with Gasteiger partial charge in [0.1, 0.15) is 10.7 Å². The highest BCUT2D eigenvalue weighted by molar-refractivity contribution is 7.89. The minimum Gasteiger partial charge on any atom is -0.395 e. The Morgan fingerprint density at radius 2 is 1.90 bits per heavy atom. The lowest BCUT2D eigenvalue weighted by Gasteiger charge is -2.33.